The number of amides is 1. The summed E-state index contributed by atoms with van der Waals surface area (Å²) >= 11 is 0. The van der Waals surface area contributed by atoms with Gasteiger partial charge in [0.1, 0.15) is 6.54 Å². The van der Waals surface area contributed by atoms with E-state index in [1.165, 1.54) is 57.8 Å². The number of hydrogen-bond donors (Lipinski definition) is 1. The molecule has 23 heavy (non-hydrogen) atoms. The molecule has 3 fully saturated rings. The van der Waals surface area contributed by atoms with E-state index in [0.29, 0.717) is 11.5 Å². The molecular formula is C18H32N4O. The highest BCUT2D eigenvalue weighted by Crippen LogP contribution is 2.45. The van der Waals surface area contributed by atoms with Crippen molar-refractivity contribution in [1.82, 2.24) is 15.1 Å². The summed E-state index contributed by atoms with van der Waals surface area (Å²) in [6.45, 7) is 2.47. The van der Waals surface area contributed by atoms with Gasteiger partial charge >= 0.3 is 0 Å². The van der Waals surface area contributed by atoms with Gasteiger partial charge in [0.25, 0.3) is 0 Å². The van der Waals surface area contributed by atoms with Crippen molar-refractivity contribution < 1.29 is 4.79 Å². The lowest BCUT2D eigenvalue weighted by Gasteiger charge is -2.28. The predicted molar refractivity (Wildman–Crippen MR) is 93.5 cm³/mol. The molecule has 1 saturated heterocycles. The molecular weight excluding hydrogens is 288 g/mol. The van der Waals surface area contributed by atoms with Crippen LogP contribution in [0.15, 0.2) is 4.99 Å². The Hall–Kier alpha value is -1.26. The largest absolute Gasteiger partial charge is 0.353 e. The summed E-state index contributed by atoms with van der Waals surface area (Å²) < 4.78 is 0. The van der Waals surface area contributed by atoms with Crippen LogP contribution in [0.4, 0.5) is 0 Å². The number of carbonyl (C=O) groups excluding carboxylic acids is 1. The first-order valence-electron chi connectivity index (χ1n) is 9.34. The molecule has 1 aliphatic heterocycles. The van der Waals surface area contributed by atoms with E-state index in [1.54, 1.807) is 19.0 Å². The highest BCUT2D eigenvalue weighted by Gasteiger charge is 2.41. The highest BCUT2D eigenvalue weighted by atomic mass is 16.2. The smallest absolute Gasteiger partial charge is 0.243 e. The van der Waals surface area contributed by atoms with Gasteiger partial charge in [-0.1, -0.05) is 25.7 Å². The Balaban J connectivity index is 1.66. The summed E-state index contributed by atoms with van der Waals surface area (Å²) in [6.07, 6.45) is 11.9. The third-order valence-electron chi connectivity index (χ3n) is 5.95. The molecule has 2 aliphatic carbocycles. The lowest BCUT2D eigenvalue weighted by atomic mass is 9.86. The molecule has 0 bridgehead atoms. The summed E-state index contributed by atoms with van der Waals surface area (Å²) in [7, 11) is 3.59. The fourth-order valence-corrected chi connectivity index (χ4v) is 4.42. The number of hydrogen-bond acceptors (Lipinski definition) is 2. The van der Waals surface area contributed by atoms with Crippen LogP contribution in [0.25, 0.3) is 0 Å². The standard InChI is InChI=1S/C18H32N4O/c1-21(2)16(23)13-19-17(20-15-7-3-4-8-15)22-12-11-18(14-22)9-5-6-10-18/h15H,3-14H2,1-2H3,(H,19,20). The number of nitrogens with zero attached hydrogens (tertiary/aromatic N) is 3. The third-order valence-corrected chi connectivity index (χ3v) is 5.95. The second-order valence-corrected chi connectivity index (χ2v) is 7.93. The molecule has 1 N–H and O–H groups in total. The number of likely N-dealkylation sites (tertiary alicyclic amines) is 1. The van der Waals surface area contributed by atoms with Gasteiger partial charge < -0.3 is 15.1 Å². The van der Waals surface area contributed by atoms with E-state index >= 15 is 0 Å². The number of nitrogens with one attached hydrogen (secondary N) is 1. The van der Waals surface area contributed by atoms with E-state index in [-0.39, 0.29) is 12.5 Å². The van der Waals surface area contributed by atoms with Crippen molar-refractivity contribution >= 4 is 11.9 Å². The maximum atomic E-state index is 11.9. The molecule has 2 saturated carbocycles. The van der Waals surface area contributed by atoms with Crippen molar-refractivity contribution in [2.24, 2.45) is 10.4 Å². The van der Waals surface area contributed by atoms with Crippen LogP contribution >= 0.6 is 0 Å². The summed E-state index contributed by atoms with van der Waals surface area (Å²) in [5.74, 6) is 1.06. The van der Waals surface area contributed by atoms with Crippen molar-refractivity contribution in [3.63, 3.8) is 0 Å². The average Bonchev–Trinajstić information content (AvgIpc) is 3.27. The van der Waals surface area contributed by atoms with Gasteiger partial charge in [0.2, 0.25) is 5.91 Å². The van der Waals surface area contributed by atoms with E-state index in [0.717, 1.165) is 19.0 Å². The Morgan fingerprint density at radius 2 is 1.87 bits per heavy atom. The Morgan fingerprint density at radius 1 is 1.17 bits per heavy atom. The number of aliphatic imine (C=N–C) groups is 1. The van der Waals surface area contributed by atoms with Gasteiger partial charge in [0.15, 0.2) is 5.96 Å². The Kier molecular flexibility index (Phi) is 5.12. The van der Waals surface area contributed by atoms with Crippen LogP contribution in [0.2, 0.25) is 0 Å². The first-order valence-corrected chi connectivity index (χ1v) is 9.34. The van der Waals surface area contributed by atoms with Gasteiger partial charge in [-0.05, 0) is 37.5 Å². The zero-order chi connectivity index (χ0) is 16.3. The van der Waals surface area contributed by atoms with Crippen LogP contribution in [-0.2, 0) is 4.79 Å². The number of likely N-dealkylation sites (N-methyl/N-ethyl adjacent to an activating group) is 1. The van der Waals surface area contributed by atoms with Crippen LogP contribution in [0.5, 0.6) is 0 Å². The fourth-order valence-electron chi connectivity index (χ4n) is 4.42. The summed E-state index contributed by atoms with van der Waals surface area (Å²) in [6, 6.07) is 0.545. The average molecular weight is 320 g/mol. The Morgan fingerprint density at radius 3 is 2.52 bits per heavy atom. The molecule has 0 unspecified atom stereocenters. The van der Waals surface area contributed by atoms with Gasteiger partial charge in [-0.3, -0.25) is 4.79 Å². The topological polar surface area (TPSA) is 47.9 Å². The Labute approximate surface area is 140 Å². The second kappa shape index (κ2) is 7.10. The van der Waals surface area contributed by atoms with Crippen LogP contribution in [-0.4, -0.2) is 61.4 Å². The van der Waals surface area contributed by atoms with E-state index in [1.807, 2.05) is 0 Å². The molecule has 1 amide bonds. The van der Waals surface area contributed by atoms with Crippen molar-refractivity contribution in [3.8, 4) is 0 Å². The zero-order valence-electron chi connectivity index (χ0n) is 14.8. The zero-order valence-corrected chi connectivity index (χ0v) is 14.8. The highest BCUT2D eigenvalue weighted by molar-refractivity contribution is 5.85. The van der Waals surface area contributed by atoms with E-state index in [4.69, 9.17) is 0 Å². The molecule has 0 aromatic heterocycles. The van der Waals surface area contributed by atoms with E-state index in [9.17, 15) is 4.79 Å². The van der Waals surface area contributed by atoms with Crippen molar-refractivity contribution in [1.29, 1.82) is 0 Å². The fraction of sp³-hybridized carbons (Fsp3) is 0.889. The molecule has 1 spiro atoms. The minimum atomic E-state index is 0.0745. The number of rotatable bonds is 3. The molecule has 5 heteroatoms. The number of carbonyl (C=O) groups is 1. The molecule has 3 rings (SSSR count). The molecule has 0 atom stereocenters. The number of guanidine groups is 1. The van der Waals surface area contributed by atoms with E-state index in [2.05, 4.69) is 15.2 Å². The normalized spacial score (nSPS) is 24.6. The first-order chi connectivity index (χ1) is 11.1. The summed E-state index contributed by atoms with van der Waals surface area (Å²) in [5.41, 5.74) is 0.531. The second-order valence-electron chi connectivity index (χ2n) is 7.93. The third kappa shape index (κ3) is 3.99. The SMILES string of the molecule is CN(C)C(=O)CN=C(NC1CCCC1)N1CCC2(CCCC2)C1. The molecule has 3 aliphatic rings. The summed E-state index contributed by atoms with van der Waals surface area (Å²) in [4.78, 5) is 20.7. The van der Waals surface area contributed by atoms with Crippen LogP contribution in [0.1, 0.15) is 57.8 Å². The Bertz CT molecular complexity index is 448. The van der Waals surface area contributed by atoms with Crippen LogP contribution in [0.3, 0.4) is 0 Å². The molecule has 0 aromatic rings. The van der Waals surface area contributed by atoms with Crippen molar-refractivity contribution in [2.45, 2.75) is 63.8 Å². The molecule has 5 nitrogen and oxygen atoms in total. The van der Waals surface area contributed by atoms with Gasteiger partial charge in [-0.25, -0.2) is 4.99 Å². The first kappa shape index (κ1) is 16.6. The maximum absolute atomic E-state index is 11.9. The maximum Gasteiger partial charge on any atom is 0.243 e. The van der Waals surface area contributed by atoms with Crippen molar-refractivity contribution in [2.75, 3.05) is 33.7 Å². The molecule has 0 radical (unpaired) electrons. The van der Waals surface area contributed by atoms with Crippen LogP contribution < -0.4 is 5.32 Å². The minimum absolute atomic E-state index is 0.0745. The van der Waals surface area contributed by atoms with E-state index < -0.39 is 0 Å². The molecule has 130 valence electrons. The molecule has 1 heterocycles. The van der Waals surface area contributed by atoms with Crippen LogP contribution in [0, 0.1) is 5.41 Å². The van der Waals surface area contributed by atoms with Gasteiger partial charge in [0, 0.05) is 33.2 Å². The van der Waals surface area contributed by atoms with Crippen molar-refractivity contribution in [3.05, 3.63) is 0 Å². The lowest BCUT2D eigenvalue weighted by molar-refractivity contribution is -0.127. The van der Waals surface area contributed by atoms with Gasteiger partial charge in [-0.15, -0.1) is 0 Å². The van der Waals surface area contributed by atoms with Gasteiger partial charge in [0.05, 0.1) is 0 Å². The monoisotopic (exact) mass is 320 g/mol. The molecule has 0 aromatic carbocycles. The van der Waals surface area contributed by atoms with Gasteiger partial charge in [-0.2, -0.15) is 0 Å². The minimum Gasteiger partial charge on any atom is -0.353 e. The summed E-state index contributed by atoms with van der Waals surface area (Å²) in [5, 5.41) is 3.66. The quantitative estimate of drug-likeness (QED) is 0.641. The predicted octanol–water partition coefficient (Wildman–Crippen LogP) is 2.23. The lowest BCUT2D eigenvalue weighted by Crippen LogP contribution is -2.45.